The molecule has 0 fully saturated rings. The van der Waals surface area contributed by atoms with E-state index in [1.54, 1.807) is 0 Å². The van der Waals surface area contributed by atoms with Crippen LogP contribution in [0.3, 0.4) is 0 Å². The first kappa shape index (κ1) is 15.0. The highest BCUT2D eigenvalue weighted by Crippen LogP contribution is 1.98. The molecule has 0 atom stereocenters. The summed E-state index contributed by atoms with van der Waals surface area (Å²) >= 11 is 0. The van der Waals surface area contributed by atoms with Crippen molar-refractivity contribution in [1.29, 1.82) is 0 Å². The number of guanidine groups is 1. The number of aliphatic imine (C=N–C) groups is 1. The fraction of sp³-hybridized carbons (Fsp3) is 0.769. The van der Waals surface area contributed by atoms with Gasteiger partial charge in [-0.3, -0.25) is 4.99 Å². The lowest BCUT2D eigenvalue weighted by atomic mass is 10.1. The molecule has 0 unspecified atom stereocenters. The van der Waals surface area contributed by atoms with Gasteiger partial charge < -0.3 is 10.2 Å². The van der Waals surface area contributed by atoms with Crippen LogP contribution >= 0.6 is 0 Å². The van der Waals surface area contributed by atoms with Gasteiger partial charge in [-0.2, -0.15) is 0 Å². The molecule has 0 saturated carbocycles. The van der Waals surface area contributed by atoms with Gasteiger partial charge in [-0.15, -0.1) is 6.58 Å². The highest BCUT2D eigenvalue weighted by atomic mass is 15.3. The minimum Gasteiger partial charge on any atom is -0.356 e. The molecule has 1 N–H and O–H groups in total. The van der Waals surface area contributed by atoms with Crippen LogP contribution in [0.15, 0.2) is 17.6 Å². The Bertz CT molecular complexity index is 209. The van der Waals surface area contributed by atoms with E-state index in [1.165, 1.54) is 6.42 Å². The number of nitrogens with zero attached hydrogens (tertiary/aromatic N) is 2. The number of nitrogens with one attached hydrogen (secondary N) is 1. The molecular formula is C13H27N3. The summed E-state index contributed by atoms with van der Waals surface area (Å²) < 4.78 is 0. The van der Waals surface area contributed by atoms with Gasteiger partial charge in [0.05, 0.1) is 0 Å². The van der Waals surface area contributed by atoms with Gasteiger partial charge >= 0.3 is 0 Å². The van der Waals surface area contributed by atoms with E-state index in [1.807, 2.05) is 13.1 Å². The summed E-state index contributed by atoms with van der Waals surface area (Å²) in [5, 5.41) is 3.38. The molecule has 16 heavy (non-hydrogen) atoms. The van der Waals surface area contributed by atoms with E-state index >= 15 is 0 Å². The van der Waals surface area contributed by atoms with Crippen molar-refractivity contribution >= 4 is 5.96 Å². The molecular weight excluding hydrogens is 198 g/mol. The van der Waals surface area contributed by atoms with Crippen LogP contribution in [0, 0.1) is 5.92 Å². The van der Waals surface area contributed by atoms with Crippen LogP contribution in [0.2, 0.25) is 0 Å². The largest absolute Gasteiger partial charge is 0.356 e. The van der Waals surface area contributed by atoms with E-state index in [-0.39, 0.29) is 0 Å². The molecule has 0 rings (SSSR count). The summed E-state index contributed by atoms with van der Waals surface area (Å²) in [5.41, 5.74) is 0. The molecule has 0 aromatic carbocycles. The first-order valence-corrected chi connectivity index (χ1v) is 6.14. The molecule has 0 aliphatic heterocycles. The van der Waals surface area contributed by atoms with Gasteiger partial charge in [-0.25, -0.2) is 0 Å². The second kappa shape index (κ2) is 9.25. The lowest BCUT2D eigenvalue weighted by Crippen LogP contribution is -2.40. The van der Waals surface area contributed by atoms with Crippen LogP contribution in [-0.2, 0) is 0 Å². The Kier molecular flexibility index (Phi) is 8.68. The fourth-order valence-electron chi connectivity index (χ4n) is 1.44. The average molecular weight is 225 g/mol. The van der Waals surface area contributed by atoms with Crippen molar-refractivity contribution in [3.8, 4) is 0 Å². The predicted octanol–water partition coefficient (Wildman–Crippen LogP) is 2.51. The van der Waals surface area contributed by atoms with Gasteiger partial charge in [0.15, 0.2) is 5.96 Å². The second-order valence-corrected chi connectivity index (χ2v) is 4.51. The number of hydrogen-bond acceptors (Lipinski definition) is 1. The predicted molar refractivity (Wildman–Crippen MR) is 72.9 cm³/mol. The molecule has 0 bridgehead atoms. The molecule has 3 nitrogen and oxygen atoms in total. The Labute approximate surface area is 101 Å². The number of allylic oxidation sites excluding steroid dienone is 1. The molecule has 0 radical (unpaired) electrons. The Hall–Kier alpha value is -0.990. The number of unbranched alkanes of at least 4 members (excludes halogenated alkanes) is 1. The maximum absolute atomic E-state index is 4.27. The fourth-order valence-corrected chi connectivity index (χ4v) is 1.44. The van der Waals surface area contributed by atoms with Crippen LogP contribution < -0.4 is 5.32 Å². The highest BCUT2D eigenvalue weighted by molar-refractivity contribution is 5.79. The monoisotopic (exact) mass is 225 g/mol. The van der Waals surface area contributed by atoms with Crippen molar-refractivity contribution < 1.29 is 0 Å². The normalized spacial score (nSPS) is 11.7. The van der Waals surface area contributed by atoms with Crippen molar-refractivity contribution in [1.82, 2.24) is 10.2 Å². The molecule has 3 heteroatoms. The summed E-state index contributed by atoms with van der Waals surface area (Å²) in [6, 6.07) is 0. The van der Waals surface area contributed by atoms with E-state index in [0.29, 0.717) is 0 Å². The molecule has 0 aromatic heterocycles. The van der Waals surface area contributed by atoms with Crippen molar-refractivity contribution in [2.24, 2.45) is 10.9 Å². The van der Waals surface area contributed by atoms with Crippen LogP contribution in [0.5, 0.6) is 0 Å². The molecule has 94 valence electrons. The quantitative estimate of drug-likeness (QED) is 0.312. The standard InChI is InChI=1S/C13H27N3/c1-6-7-8-11-16(5)13(14-4)15-10-9-12(2)3/h6,12H,1,7-11H2,2-5H3,(H,14,15). The summed E-state index contributed by atoms with van der Waals surface area (Å²) in [6.45, 7) is 10.2. The third-order valence-corrected chi connectivity index (χ3v) is 2.48. The summed E-state index contributed by atoms with van der Waals surface area (Å²) in [6.07, 6.45) is 5.33. The first-order chi connectivity index (χ1) is 7.61. The van der Waals surface area contributed by atoms with Gasteiger partial charge in [0.1, 0.15) is 0 Å². The number of rotatable bonds is 7. The van der Waals surface area contributed by atoms with E-state index in [4.69, 9.17) is 0 Å². The van der Waals surface area contributed by atoms with E-state index < -0.39 is 0 Å². The van der Waals surface area contributed by atoms with Crippen LogP contribution in [-0.4, -0.2) is 38.0 Å². The van der Waals surface area contributed by atoms with E-state index in [2.05, 4.69) is 42.7 Å². The Morgan fingerprint density at radius 2 is 2.19 bits per heavy atom. The maximum Gasteiger partial charge on any atom is 0.193 e. The molecule has 0 spiro atoms. The van der Waals surface area contributed by atoms with Crippen molar-refractivity contribution in [2.45, 2.75) is 33.1 Å². The molecule has 0 heterocycles. The van der Waals surface area contributed by atoms with Crippen molar-refractivity contribution in [3.63, 3.8) is 0 Å². The minimum atomic E-state index is 0.733. The average Bonchev–Trinajstić information content (AvgIpc) is 2.24. The molecule has 0 amide bonds. The van der Waals surface area contributed by atoms with Crippen molar-refractivity contribution in [3.05, 3.63) is 12.7 Å². The Morgan fingerprint density at radius 1 is 1.50 bits per heavy atom. The number of hydrogen-bond donors (Lipinski definition) is 1. The zero-order valence-electron chi connectivity index (χ0n) is 11.3. The van der Waals surface area contributed by atoms with Gasteiger partial charge in [0, 0.05) is 27.2 Å². The SMILES string of the molecule is C=CCCCN(C)C(=NC)NCCC(C)C. The maximum atomic E-state index is 4.27. The lowest BCUT2D eigenvalue weighted by molar-refractivity contribution is 0.463. The van der Waals surface area contributed by atoms with Gasteiger partial charge in [0.2, 0.25) is 0 Å². The van der Waals surface area contributed by atoms with E-state index in [9.17, 15) is 0 Å². The van der Waals surface area contributed by atoms with Crippen LogP contribution in [0.1, 0.15) is 33.1 Å². The third kappa shape index (κ3) is 7.32. The van der Waals surface area contributed by atoms with E-state index in [0.717, 1.165) is 37.8 Å². The smallest absolute Gasteiger partial charge is 0.193 e. The topological polar surface area (TPSA) is 27.6 Å². The van der Waals surface area contributed by atoms with Gasteiger partial charge in [-0.1, -0.05) is 19.9 Å². The zero-order chi connectivity index (χ0) is 12.4. The lowest BCUT2D eigenvalue weighted by Gasteiger charge is -2.22. The minimum absolute atomic E-state index is 0.733. The zero-order valence-corrected chi connectivity index (χ0v) is 11.3. The summed E-state index contributed by atoms with van der Waals surface area (Å²) in [7, 11) is 3.91. The van der Waals surface area contributed by atoms with Crippen LogP contribution in [0.25, 0.3) is 0 Å². The second-order valence-electron chi connectivity index (χ2n) is 4.51. The summed E-state index contributed by atoms with van der Waals surface area (Å²) in [5.74, 6) is 1.72. The molecule has 0 aliphatic rings. The van der Waals surface area contributed by atoms with Crippen molar-refractivity contribution in [2.75, 3.05) is 27.2 Å². The van der Waals surface area contributed by atoms with Gasteiger partial charge in [0.25, 0.3) is 0 Å². The Morgan fingerprint density at radius 3 is 2.69 bits per heavy atom. The van der Waals surface area contributed by atoms with Crippen LogP contribution in [0.4, 0.5) is 0 Å². The molecule has 0 aliphatic carbocycles. The molecule has 0 aromatic rings. The summed E-state index contributed by atoms with van der Waals surface area (Å²) in [4.78, 5) is 6.44. The highest BCUT2D eigenvalue weighted by Gasteiger charge is 2.04. The van der Waals surface area contributed by atoms with Gasteiger partial charge in [-0.05, 0) is 25.2 Å². The Balaban J connectivity index is 3.84. The third-order valence-electron chi connectivity index (χ3n) is 2.48. The molecule has 0 saturated heterocycles. The first-order valence-electron chi connectivity index (χ1n) is 6.14.